The van der Waals surface area contributed by atoms with Crippen LogP contribution >= 0.6 is 0 Å². The Morgan fingerprint density at radius 2 is 2.11 bits per heavy atom. The van der Waals surface area contributed by atoms with E-state index in [1.807, 2.05) is 18.9 Å². The van der Waals surface area contributed by atoms with Crippen molar-refractivity contribution >= 4 is 10.0 Å². The van der Waals surface area contributed by atoms with Crippen molar-refractivity contribution in [3.63, 3.8) is 0 Å². The van der Waals surface area contributed by atoms with Crippen LogP contribution in [-0.2, 0) is 16.6 Å². The van der Waals surface area contributed by atoms with Crippen LogP contribution in [0.2, 0.25) is 0 Å². The third-order valence-corrected chi connectivity index (χ3v) is 4.28. The van der Waals surface area contributed by atoms with Crippen LogP contribution < -0.4 is 4.72 Å². The molecule has 0 heterocycles. The second-order valence-corrected chi connectivity index (χ2v) is 5.97. The number of likely N-dealkylation sites (N-methyl/N-ethyl adjacent to an activating group) is 1. The maximum absolute atomic E-state index is 13.2. The minimum absolute atomic E-state index is 0.0337. The van der Waals surface area contributed by atoms with Gasteiger partial charge in [0.05, 0.1) is 11.5 Å². The third kappa shape index (κ3) is 4.54. The Labute approximate surface area is 113 Å². The minimum Gasteiger partial charge on any atom is -0.392 e. The molecule has 1 aromatic rings. The van der Waals surface area contributed by atoms with Gasteiger partial charge in [0.25, 0.3) is 0 Å². The Kier molecular flexibility index (Phi) is 5.86. The molecule has 0 atom stereocenters. The van der Waals surface area contributed by atoms with E-state index in [1.54, 1.807) is 0 Å². The lowest BCUT2D eigenvalue weighted by molar-refractivity contribution is 0.275. The first kappa shape index (κ1) is 16.0. The van der Waals surface area contributed by atoms with Crippen LogP contribution in [-0.4, -0.2) is 45.1 Å². The van der Waals surface area contributed by atoms with Crippen LogP contribution in [0.5, 0.6) is 0 Å². The maximum atomic E-state index is 13.2. The Hall–Kier alpha value is -1.02. The number of aliphatic hydroxyl groups excluding tert-OH is 1. The molecule has 0 bridgehead atoms. The fraction of sp³-hybridized carbons (Fsp3) is 0.500. The summed E-state index contributed by atoms with van der Waals surface area (Å²) in [5.74, 6) is -0.618. The molecule has 0 spiro atoms. The maximum Gasteiger partial charge on any atom is 0.240 e. The van der Waals surface area contributed by atoms with E-state index in [4.69, 9.17) is 5.11 Å². The molecule has 0 fully saturated rings. The third-order valence-electron chi connectivity index (χ3n) is 2.82. The molecule has 0 saturated carbocycles. The van der Waals surface area contributed by atoms with Crippen molar-refractivity contribution in [3.8, 4) is 0 Å². The van der Waals surface area contributed by atoms with E-state index in [0.717, 1.165) is 18.7 Å². The Bertz CT molecular complexity index is 520. The van der Waals surface area contributed by atoms with Crippen molar-refractivity contribution in [1.82, 2.24) is 9.62 Å². The van der Waals surface area contributed by atoms with Crippen LogP contribution in [0.3, 0.4) is 0 Å². The van der Waals surface area contributed by atoms with E-state index in [-0.39, 0.29) is 17.0 Å². The van der Waals surface area contributed by atoms with Crippen molar-refractivity contribution in [2.24, 2.45) is 0 Å². The first-order valence-electron chi connectivity index (χ1n) is 5.98. The molecule has 108 valence electrons. The normalized spacial score (nSPS) is 12.1. The van der Waals surface area contributed by atoms with Gasteiger partial charge in [-0.05, 0) is 31.8 Å². The van der Waals surface area contributed by atoms with Gasteiger partial charge >= 0.3 is 0 Å². The standard InChI is InChI=1S/C12H19FN2O3S/c1-3-15(2)7-6-14-19(17,18)11-4-5-12(13)10(8-11)9-16/h4-5,8,14,16H,3,6-7,9H2,1-2H3. The number of sulfonamides is 1. The molecule has 0 saturated heterocycles. The largest absolute Gasteiger partial charge is 0.392 e. The fourth-order valence-corrected chi connectivity index (χ4v) is 2.52. The number of halogens is 1. The molecule has 0 aliphatic rings. The lowest BCUT2D eigenvalue weighted by atomic mass is 10.2. The molecule has 19 heavy (non-hydrogen) atoms. The first-order chi connectivity index (χ1) is 8.90. The monoisotopic (exact) mass is 290 g/mol. The highest BCUT2D eigenvalue weighted by atomic mass is 32.2. The first-order valence-corrected chi connectivity index (χ1v) is 7.46. The molecule has 0 amide bonds. The minimum atomic E-state index is -3.67. The number of hydrogen-bond acceptors (Lipinski definition) is 4. The van der Waals surface area contributed by atoms with Crippen LogP contribution in [0.1, 0.15) is 12.5 Å². The number of nitrogens with one attached hydrogen (secondary N) is 1. The van der Waals surface area contributed by atoms with Crippen molar-refractivity contribution < 1.29 is 17.9 Å². The van der Waals surface area contributed by atoms with Gasteiger partial charge in [0.1, 0.15) is 5.82 Å². The lowest BCUT2D eigenvalue weighted by Gasteiger charge is -2.14. The summed E-state index contributed by atoms with van der Waals surface area (Å²) < 4.78 is 39.5. The number of benzene rings is 1. The summed E-state index contributed by atoms with van der Waals surface area (Å²) in [5.41, 5.74) is -0.0337. The van der Waals surface area contributed by atoms with Crippen LogP contribution in [0, 0.1) is 5.82 Å². The topological polar surface area (TPSA) is 69.6 Å². The predicted molar refractivity (Wildman–Crippen MR) is 70.7 cm³/mol. The highest BCUT2D eigenvalue weighted by Gasteiger charge is 2.15. The number of nitrogens with zero attached hydrogens (tertiary/aromatic N) is 1. The molecular weight excluding hydrogens is 271 g/mol. The van der Waals surface area contributed by atoms with Crippen LogP contribution in [0.15, 0.2) is 23.1 Å². The second-order valence-electron chi connectivity index (χ2n) is 4.21. The molecule has 5 nitrogen and oxygen atoms in total. The predicted octanol–water partition coefficient (Wildman–Crippen LogP) is 0.548. The van der Waals surface area contributed by atoms with Gasteiger partial charge in [0.15, 0.2) is 0 Å². The van der Waals surface area contributed by atoms with E-state index in [2.05, 4.69) is 4.72 Å². The number of aliphatic hydroxyl groups is 1. The van der Waals surface area contributed by atoms with Gasteiger partial charge in [-0.1, -0.05) is 6.92 Å². The van der Waals surface area contributed by atoms with E-state index in [9.17, 15) is 12.8 Å². The summed E-state index contributed by atoms with van der Waals surface area (Å²) in [7, 11) is -1.78. The van der Waals surface area contributed by atoms with Crippen molar-refractivity contribution in [3.05, 3.63) is 29.6 Å². The zero-order valence-electron chi connectivity index (χ0n) is 11.1. The molecular formula is C12H19FN2O3S. The summed E-state index contributed by atoms with van der Waals surface area (Å²) in [6, 6.07) is 3.36. The van der Waals surface area contributed by atoms with Gasteiger partial charge in [-0.15, -0.1) is 0 Å². The number of rotatable bonds is 7. The van der Waals surface area contributed by atoms with Gasteiger partial charge in [-0.25, -0.2) is 17.5 Å². The van der Waals surface area contributed by atoms with Crippen LogP contribution in [0.25, 0.3) is 0 Å². The summed E-state index contributed by atoms with van der Waals surface area (Å²) >= 11 is 0. The van der Waals surface area contributed by atoms with Crippen molar-refractivity contribution in [2.45, 2.75) is 18.4 Å². The summed E-state index contributed by atoms with van der Waals surface area (Å²) in [5, 5.41) is 8.93. The van der Waals surface area contributed by atoms with Gasteiger partial charge in [0.2, 0.25) is 10.0 Å². The Morgan fingerprint density at radius 3 is 2.68 bits per heavy atom. The average Bonchev–Trinajstić information content (AvgIpc) is 2.38. The number of hydrogen-bond donors (Lipinski definition) is 2. The van der Waals surface area contributed by atoms with E-state index < -0.39 is 22.4 Å². The smallest absolute Gasteiger partial charge is 0.240 e. The molecule has 0 aliphatic carbocycles. The van der Waals surface area contributed by atoms with Gasteiger partial charge in [-0.3, -0.25) is 0 Å². The molecule has 0 aromatic heterocycles. The van der Waals surface area contributed by atoms with E-state index >= 15 is 0 Å². The molecule has 7 heteroatoms. The Morgan fingerprint density at radius 1 is 1.42 bits per heavy atom. The quantitative estimate of drug-likeness (QED) is 0.769. The van der Waals surface area contributed by atoms with Crippen LogP contribution in [0.4, 0.5) is 4.39 Å². The van der Waals surface area contributed by atoms with Gasteiger partial charge in [-0.2, -0.15) is 0 Å². The highest BCUT2D eigenvalue weighted by molar-refractivity contribution is 7.89. The summed E-state index contributed by atoms with van der Waals surface area (Å²) in [6.07, 6.45) is 0. The highest BCUT2D eigenvalue weighted by Crippen LogP contribution is 2.14. The van der Waals surface area contributed by atoms with Crippen molar-refractivity contribution in [1.29, 1.82) is 0 Å². The lowest BCUT2D eigenvalue weighted by Crippen LogP contribution is -2.33. The van der Waals surface area contributed by atoms with E-state index in [1.165, 1.54) is 6.07 Å². The van der Waals surface area contributed by atoms with Gasteiger partial charge < -0.3 is 10.0 Å². The average molecular weight is 290 g/mol. The van der Waals surface area contributed by atoms with Gasteiger partial charge in [0, 0.05) is 18.7 Å². The molecule has 0 radical (unpaired) electrons. The summed E-state index contributed by atoms with van der Waals surface area (Å²) in [6.45, 7) is 3.13. The van der Waals surface area contributed by atoms with Crippen molar-refractivity contribution in [2.75, 3.05) is 26.7 Å². The molecule has 2 N–H and O–H groups in total. The Balaban J connectivity index is 2.77. The molecule has 0 aliphatic heterocycles. The zero-order valence-corrected chi connectivity index (χ0v) is 11.9. The summed E-state index contributed by atoms with van der Waals surface area (Å²) in [4.78, 5) is 1.92. The molecule has 0 unspecified atom stereocenters. The molecule has 1 aromatic carbocycles. The van der Waals surface area contributed by atoms with E-state index in [0.29, 0.717) is 6.54 Å². The second kappa shape index (κ2) is 6.95. The zero-order chi connectivity index (χ0) is 14.5. The fourth-order valence-electron chi connectivity index (χ4n) is 1.45. The molecule has 1 rings (SSSR count). The SMILES string of the molecule is CCN(C)CCNS(=O)(=O)c1ccc(F)c(CO)c1.